The van der Waals surface area contributed by atoms with Crippen molar-refractivity contribution in [3.63, 3.8) is 0 Å². The number of benzene rings is 2. The van der Waals surface area contributed by atoms with Gasteiger partial charge in [0, 0.05) is 4.90 Å². The molecular weight excluding hydrogens is 393 g/mol. The number of nitrogens with one attached hydrogen (secondary N) is 1. The molecule has 1 amide bonds. The molecule has 0 aliphatic heterocycles. The molecule has 3 rings (SSSR count). The number of aromatic nitrogens is 2. The monoisotopic (exact) mass is 407 g/mol. The lowest BCUT2D eigenvalue weighted by Crippen LogP contribution is -2.23. The van der Waals surface area contributed by atoms with Gasteiger partial charge in [-0.3, -0.25) is 10.1 Å². The number of anilines is 1. The Balaban J connectivity index is 1.72. The van der Waals surface area contributed by atoms with E-state index in [0.717, 1.165) is 29.2 Å². The summed E-state index contributed by atoms with van der Waals surface area (Å²) in [5.41, 5.74) is 0.705. The SMILES string of the molecule is CSc1ccccc1-c1nnc(NC(=O)CS(=O)(=O)c2ccc(F)cc2)o1. The van der Waals surface area contributed by atoms with Crippen LogP contribution in [0.15, 0.2) is 62.7 Å². The smallest absolute Gasteiger partial charge is 0.322 e. The molecule has 0 radical (unpaired) electrons. The first-order valence-corrected chi connectivity index (χ1v) is 10.5. The second kappa shape index (κ2) is 7.89. The Kier molecular flexibility index (Phi) is 5.57. The van der Waals surface area contributed by atoms with E-state index in [9.17, 15) is 17.6 Å². The molecule has 27 heavy (non-hydrogen) atoms. The fourth-order valence-corrected chi connectivity index (χ4v) is 3.98. The molecule has 1 aromatic heterocycles. The average molecular weight is 407 g/mol. The summed E-state index contributed by atoms with van der Waals surface area (Å²) in [4.78, 5) is 12.8. The van der Waals surface area contributed by atoms with Crippen molar-refractivity contribution in [3.05, 3.63) is 54.3 Å². The van der Waals surface area contributed by atoms with Crippen LogP contribution in [0.3, 0.4) is 0 Å². The van der Waals surface area contributed by atoms with E-state index in [2.05, 4.69) is 15.5 Å². The number of hydrogen-bond donors (Lipinski definition) is 1. The number of sulfone groups is 1. The van der Waals surface area contributed by atoms with Crippen molar-refractivity contribution in [3.8, 4) is 11.5 Å². The third-order valence-electron chi connectivity index (χ3n) is 3.50. The van der Waals surface area contributed by atoms with Crippen molar-refractivity contribution in [2.24, 2.45) is 0 Å². The van der Waals surface area contributed by atoms with Crippen LogP contribution in [0.2, 0.25) is 0 Å². The van der Waals surface area contributed by atoms with Gasteiger partial charge in [-0.25, -0.2) is 12.8 Å². The van der Waals surface area contributed by atoms with Gasteiger partial charge in [0.1, 0.15) is 11.6 Å². The van der Waals surface area contributed by atoms with Crippen LogP contribution >= 0.6 is 11.8 Å². The summed E-state index contributed by atoms with van der Waals surface area (Å²) in [7, 11) is -3.92. The Morgan fingerprint density at radius 1 is 1.15 bits per heavy atom. The second-order valence-corrected chi connectivity index (χ2v) is 8.21. The zero-order valence-corrected chi connectivity index (χ0v) is 15.7. The van der Waals surface area contributed by atoms with Gasteiger partial charge >= 0.3 is 6.01 Å². The molecule has 0 saturated carbocycles. The van der Waals surface area contributed by atoms with Gasteiger partial charge < -0.3 is 4.42 Å². The summed E-state index contributed by atoms with van der Waals surface area (Å²) < 4.78 is 42.7. The van der Waals surface area contributed by atoms with Gasteiger partial charge in [0.25, 0.3) is 5.89 Å². The molecule has 0 saturated heterocycles. The van der Waals surface area contributed by atoms with E-state index in [1.54, 1.807) is 6.07 Å². The molecule has 0 fully saturated rings. The number of hydrogen-bond acceptors (Lipinski definition) is 7. The molecule has 0 spiro atoms. The Morgan fingerprint density at radius 2 is 1.85 bits per heavy atom. The maximum Gasteiger partial charge on any atom is 0.322 e. The highest BCUT2D eigenvalue weighted by molar-refractivity contribution is 7.98. The summed E-state index contributed by atoms with van der Waals surface area (Å²) in [6.45, 7) is 0. The molecule has 140 valence electrons. The minimum Gasteiger partial charge on any atom is -0.403 e. The highest BCUT2D eigenvalue weighted by atomic mass is 32.2. The number of rotatable bonds is 6. The maximum atomic E-state index is 12.9. The predicted octanol–water partition coefficient (Wildman–Crippen LogP) is 3.01. The Labute approximate surface area is 158 Å². The van der Waals surface area contributed by atoms with Crippen LogP contribution in [-0.4, -0.2) is 36.5 Å². The van der Waals surface area contributed by atoms with Gasteiger partial charge in [-0.1, -0.05) is 17.2 Å². The number of carbonyl (C=O) groups excluding carboxylic acids is 1. The third kappa shape index (κ3) is 4.52. The lowest BCUT2D eigenvalue weighted by Gasteiger charge is -2.04. The number of thioether (sulfide) groups is 1. The normalized spacial score (nSPS) is 11.3. The zero-order valence-electron chi connectivity index (χ0n) is 14.0. The van der Waals surface area contributed by atoms with Crippen LogP contribution < -0.4 is 5.32 Å². The molecule has 0 aliphatic carbocycles. The summed E-state index contributed by atoms with van der Waals surface area (Å²) in [6.07, 6.45) is 1.90. The van der Waals surface area contributed by atoms with Crippen molar-refractivity contribution in [1.29, 1.82) is 0 Å². The van der Waals surface area contributed by atoms with Crippen molar-refractivity contribution >= 4 is 33.5 Å². The van der Waals surface area contributed by atoms with Gasteiger partial charge in [0.15, 0.2) is 9.84 Å². The van der Waals surface area contributed by atoms with Gasteiger partial charge in [0.05, 0.1) is 10.5 Å². The van der Waals surface area contributed by atoms with Crippen molar-refractivity contribution < 1.29 is 22.0 Å². The maximum absolute atomic E-state index is 12.9. The van der Waals surface area contributed by atoms with E-state index in [0.29, 0.717) is 5.56 Å². The lowest BCUT2D eigenvalue weighted by atomic mass is 10.2. The van der Waals surface area contributed by atoms with Crippen molar-refractivity contribution in [2.75, 3.05) is 17.3 Å². The number of carbonyl (C=O) groups is 1. The molecule has 7 nitrogen and oxygen atoms in total. The number of halogens is 1. The number of amides is 1. The summed E-state index contributed by atoms with van der Waals surface area (Å²) >= 11 is 1.50. The highest BCUT2D eigenvalue weighted by Gasteiger charge is 2.21. The van der Waals surface area contributed by atoms with E-state index < -0.39 is 27.3 Å². The van der Waals surface area contributed by atoms with Gasteiger partial charge in [-0.05, 0) is 42.7 Å². The molecule has 0 bridgehead atoms. The topological polar surface area (TPSA) is 102 Å². The van der Waals surface area contributed by atoms with Crippen LogP contribution in [0.1, 0.15) is 0 Å². The number of nitrogens with zero attached hydrogens (tertiary/aromatic N) is 2. The first kappa shape index (κ1) is 19.1. The van der Waals surface area contributed by atoms with Gasteiger partial charge in [-0.15, -0.1) is 16.9 Å². The fourth-order valence-electron chi connectivity index (χ4n) is 2.26. The summed E-state index contributed by atoms with van der Waals surface area (Å²) in [5.74, 6) is -2.04. The minimum absolute atomic E-state index is 0.154. The molecule has 2 aromatic carbocycles. The van der Waals surface area contributed by atoms with Crippen LogP contribution in [0.5, 0.6) is 0 Å². The molecule has 1 heterocycles. The Hall–Kier alpha value is -2.72. The van der Waals surface area contributed by atoms with E-state index in [1.165, 1.54) is 11.8 Å². The van der Waals surface area contributed by atoms with E-state index in [4.69, 9.17) is 4.42 Å². The first-order valence-electron chi connectivity index (χ1n) is 7.64. The van der Waals surface area contributed by atoms with E-state index in [1.807, 2.05) is 24.5 Å². The largest absolute Gasteiger partial charge is 0.403 e. The fraction of sp³-hybridized carbons (Fsp3) is 0.118. The van der Waals surface area contributed by atoms with Gasteiger partial charge in [0.2, 0.25) is 5.91 Å². The third-order valence-corrected chi connectivity index (χ3v) is 5.93. The highest BCUT2D eigenvalue weighted by Crippen LogP contribution is 2.29. The summed E-state index contributed by atoms with van der Waals surface area (Å²) in [5, 5.41) is 9.86. The van der Waals surface area contributed by atoms with Crippen molar-refractivity contribution in [1.82, 2.24) is 10.2 Å². The second-order valence-electron chi connectivity index (χ2n) is 5.37. The first-order chi connectivity index (χ1) is 12.9. The van der Waals surface area contributed by atoms with E-state index >= 15 is 0 Å². The standard InChI is InChI=1S/C17H14FN3O4S2/c1-26-14-5-3-2-4-13(14)16-20-21-17(25-16)19-15(22)10-27(23,24)12-8-6-11(18)7-9-12/h2-9H,10H2,1H3,(H,19,21,22). The quantitative estimate of drug-likeness (QED) is 0.495. The van der Waals surface area contributed by atoms with Crippen LogP contribution in [0, 0.1) is 5.82 Å². The van der Waals surface area contributed by atoms with Crippen molar-refractivity contribution in [2.45, 2.75) is 9.79 Å². The average Bonchev–Trinajstić information content (AvgIpc) is 3.09. The van der Waals surface area contributed by atoms with Gasteiger partial charge in [-0.2, -0.15) is 0 Å². The van der Waals surface area contributed by atoms with Crippen LogP contribution in [-0.2, 0) is 14.6 Å². The minimum atomic E-state index is -3.92. The lowest BCUT2D eigenvalue weighted by molar-refractivity contribution is -0.114. The van der Waals surface area contributed by atoms with Crippen LogP contribution in [0.4, 0.5) is 10.4 Å². The molecule has 0 unspecified atom stereocenters. The molecule has 0 atom stereocenters. The predicted molar refractivity (Wildman–Crippen MR) is 98.6 cm³/mol. The molecule has 10 heteroatoms. The Morgan fingerprint density at radius 3 is 2.56 bits per heavy atom. The van der Waals surface area contributed by atoms with Crippen LogP contribution in [0.25, 0.3) is 11.5 Å². The molecular formula is C17H14FN3O4S2. The zero-order chi connectivity index (χ0) is 19.4. The molecule has 0 aliphatic rings. The molecule has 3 aromatic rings. The Bertz CT molecular complexity index is 1070. The van der Waals surface area contributed by atoms with E-state index in [-0.39, 0.29) is 16.8 Å². The summed E-state index contributed by atoms with van der Waals surface area (Å²) in [6, 6.07) is 11.4. The molecule has 1 N–H and O–H groups in total.